The zero-order chi connectivity index (χ0) is 21.0. The topological polar surface area (TPSA) is 68.3 Å². The van der Waals surface area contributed by atoms with Gasteiger partial charge in [0.1, 0.15) is 0 Å². The second-order valence-corrected chi connectivity index (χ2v) is 7.89. The van der Waals surface area contributed by atoms with Crippen LogP contribution < -0.4 is 5.32 Å². The van der Waals surface area contributed by atoms with Gasteiger partial charge in [-0.25, -0.2) is 9.78 Å². The van der Waals surface area contributed by atoms with Gasteiger partial charge >= 0.3 is 5.97 Å². The number of pyridine rings is 1. The van der Waals surface area contributed by atoms with Gasteiger partial charge in [-0.15, -0.1) is 0 Å². The van der Waals surface area contributed by atoms with Crippen LogP contribution in [0.5, 0.6) is 0 Å². The number of rotatable bonds is 6. The molecular weight excluding hydrogens is 384 g/mol. The van der Waals surface area contributed by atoms with Crippen LogP contribution in [0.3, 0.4) is 0 Å². The van der Waals surface area contributed by atoms with Crippen molar-refractivity contribution in [2.24, 2.45) is 0 Å². The van der Waals surface area contributed by atoms with E-state index >= 15 is 0 Å². The monoisotopic (exact) mass is 408 g/mol. The second kappa shape index (κ2) is 9.09. The van der Waals surface area contributed by atoms with Crippen molar-refractivity contribution in [2.75, 3.05) is 17.7 Å². The van der Waals surface area contributed by atoms with Crippen LogP contribution in [-0.4, -0.2) is 29.2 Å². The highest BCUT2D eigenvalue weighted by atomic mass is 32.2. The zero-order valence-electron chi connectivity index (χ0n) is 17.0. The van der Waals surface area contributed by atoms with Gasteiger partial charge in [0.15, 0.2) is 0 Å². The molecule has 29 heavy (non-hydrogen) atoms. The molecule has 2 aromatic carbocycles. The molecule has 1 aromatic heterocycles. The number of anilines is 1. The number of carbonyl (C=O) groups excluding carboxylic acids is 2. The molecule has 0 aliphatic heterocycles. The summed E-state index contributed by atoms with van der Waals surface area (Å²) in [6.07, 6.45) is 0. The van der Waals surface area contributed by atoms with Crippen molar-refractivity contribution in [2.45, 2.75) is 32.7 Å². The number of nitrogens with zero attached hydrogens (tertiary/aromatic N) is 1. The van der Waals surface area contributed by atoms with Gasteiger partial charge in [0.25, 0.3) is 0 Å². The minimum absolute atomic E-state index is 0.126. The van der Waals surface area contributed by atoms with Crippen LogP contribution in [0.15, 0.2) is 47.5 Å². The number of aromatic nitrogens is 1. The van der Waals surface area contributed by atoms with Crippen LogP contribution >= 0.6 is 11.8 Å². The molecule has 0 aliphatic rings. The molecule has 6 heteroatoms. The van der Waals surface area contributed by atoms with E-state index in [1.54, 1.807) is 31.2 Å². The molecule has 0 fully saturated rings. The maximum Gasteiger partial charge on any atom is 0.338 e. The van der Waals surface area contributed by atoms with Crippen molar-refractivity contribution in [3.63, 3.8) is 0 Å². The Kier molecular flexibility index (Phi) is 6.54. The molecule has 0 radical (unpaired) electrons. The number of nitrogens with one attached hydrogen (secondary N) is 1. The first-order valence-corrected chi connectivity index (χ1v) is 10.4. The van der Waals surface area contributed by atoms with E-state index in [-0.39, 0.29) is 17.6 Å². The minimum atomic E-state index is -0.371. The second-order valence-electron chi connectivity index (χ2n) is 6.89. The van der Waals surface area contributed by atoms with Gasteiger partial charge in [0, 0.05) is 11.1 Å². The SMILES string of the molecule is CCOC(=O)c1ccc(NC(=O)CSc2cc(C)c3cc(C)cc(C)c3n2)cc1. The van der Waals surface area contributed by atoms with Crippen molar-refractivity contribution in [3.8, 4) is 0 Å². The number of esters is 1. The summed E-state index contributed by atoms with van der Waals surface area (Å²) in [5.74, 6) is -0.245. The molecule has 0 aliphatic carbocycles. The smallest absolute Gasteiger partial charge is 0.338 e. The number of aryl methyl sites for hydroxylation is 3. The highest BCUT2D eigenvalue weighted by molar-refractivity contribution is 7.99. The van der Waals surface area contributed by atoms with Crippen LogP contribution in [0, 0.1) is 20.8 Å². The normalized spacial score (nSPS) is 10.8. The zero-order valence-corrected chi connectivity index (χ0v) is 17.9. The molecule has 0 saturated carbocycles. The van der Waals surface area contributed by atoms with E-state index in [4.69, 9.17) is 9.72 Å². The number of hydrogen-bond donors (Lipinski definition) is 1. The third-order valence-electron chi connectivity index (χ3n) is 4.46. The molecule has 1 amide bonds. The Hall–Kier alpha value is -2.86. The lowest BCUT2D eigenvalue weighted by atomic mass is 10.0. The Bertz CT molecular complexity index is 1060. The summed E-state index contributed by atoms with van der Waals surface area (Å²) >= 11 is 1.41. The van der Waals surface area contributed by atoms with E-state index in [0.29, 0.717) is 17.9 Å². The molecule has 150 valence electrons. The fourth-order valence-corrected chi connectivity index (χ4v) is 3.90. The van der Waals surface area contributed by atoms with Gasteiger partial charge in [-0.2, -0.15) is 0 Å². The van der Waals surface area contributed by atoms with E-state index in [0.717, 1.165) is 27.1 Å². The predicted octanol–water partition coefficient (Wildman–Crippen LogP) is 5.07. The number of carbonyl (C=O) groups is 2. The van der Waals surface area contributed by atoms with Crippen LogP contribution in [0.4, 0.5) is 5.69 Å². The summed E-state index contributed by atoms with van der Waals surface area (Å²) in [4.78, 5) is 28.7. The van der Waals surface area contributed by atoms with Gasteiger partial charge in [-0.1, -0.05) is 23.4 Å². The summed E-state index contributed by atoms with van der Waals surface area (Å²) < 4.78 is 4.95. The van der Waals surface area contributed by atoms with E-state index in [1.807, 2.05) is 6.07 Å². The number of hydrogen-bond acceptors (Lipinski definition) is 5. The molecular formula is C23H24N2O3S. The molecule has 3 aromatic rings. The number of thioether (sulfide) groups is 1. The van der Waals surface area contributed by atoms with Gasteiger partial charge in [-0.3, -0.25) is 4.79 Å². The summed E-state index contributed by atoms with van der Waals surface area (Å²) in [5.41, 5.74) is 5.58. The first-order valence-electron chi connectivity index (χ1n) is 9.46. The average molecular weight is 409 g/mol. The standard InChI is InChI=1S/C23H24N2O3S/c1-5-28-23(27)17-6-8-18(9-7-17)24-20(26)13-29-21-12-15(3)19-11-14(2)10-16(4)22(19)25-21/h6-12H,5,13H2,1-4H3,(H,24,26). The Morgan fingerprint density at radius 1 is 1.03 bits per heavy atom. The Balaban J connectivity index is 1.64. The van der Waals surface area contributed by atoms with E-state index < -0.39 is 0 Å². The lowest BCUT2D eigenvalue weighted by molar-refractivity contribution is -0.113. The Labute approximate surface area is 174 Å². The van der Waals surface area contributed by atoms with Crippen molar-refractivity contribution >= 4 is 40.2 Å². The van der Waals surface area contributed by atoms with E-state index in [1.165, 1.54) is 17.3 Å². The molecule has 0 saturated heterocycles. The summed E-state index contributed by atoms with van der Waals surface area (Å²) in [6.45, 7) is 8.30. The summed E-state index contributed by atoms with van der Waals surface area (Å²) in [6, 6.07) is 13.0. The molecule has 1 N–H and O–H groups in total. The minimum Gasteiger partial charge on any atom is -0.462 e. The van der Waals surface area contributed by atoms with Crippen molar-refractivity contribution in [3.05, 3.63) is 64.7 Å². The fraction of sp³-hybridized carbons (Fsp3) is 0.261. The van der Waals surface area contributed by atoms with E-state index in [2.05, 4.69) is 38.2 Å². The first kappa shape index (κ1) is 20.9. The van der Waals surface area contributed by atoms with Crippen LogP contribution in [0.1, 0.15) is 34.0 Å². The largest absolute Gasteiger partial charge is 0.462 e. The predicted molar refractivity (Wildman–Crippen MR) is 118 cm³/mol. The highest BCUT2D eigenvalue weighted by Gasteiger charge is 2.10. The first-order chi connectivity index (χ1) is 13.9. The lowest BCUT2D eigenvalue weighted by Crippen LogP contribution is -2.14. The van der Waals surface area contributed by atoms with Crippen molar-refractivity contribution in [1.29, 1.82) is 0 Å². The third kappa shape index (κ3) is 5.15. The van der Waals surface area contributed by atoms with Gasteiger partial charge in [0.05, 0.1) is 28.5 Å². The molecule has 0 bridgehead atoms. The number of amides is 1. The number of fused-ring (bicyclic) bond motifs is 1. The third-order valence-corrected chi connectivity index (χ3v) is 5.37. The van der Waals surface area contributed by atoms with Crippen LogP contribution in [0.25, 0.3) is 10.9 Å². The highest BCUT2D eigenvalue weighted by Crippen LogP contribution is 2.27. The average Bonchev–Trinajstić information content (AvgIpc) is 2.68. The van der Waals surface area contributed by atoms with Crippen molar-refractivity contribution < 1.29 is 14.3 Å². The summed E-state index contributed by atoms with van der Waals surface area (Å²) in [7, 11) is 0. The van der Waals surface area contributed by atoms with Gasteiger partial charge < -0.3 is 10.1 Å². The molecule has 1 heterocycles. The molecule has 3 rings (SSSR count). The maximum atomic E-state index is 12.3. The maximum absolute atomic E-state index is 12.3. The van der Waals surface area contributed by atoms with Crippen LogP contribution in [-0.2, 0) is 9.53 Å². The lowest BCUT2D eigenvalue weighted by Gasteiger charge is -2.10. The Morgan fingerprint density at radius 3 is 2.45 bits per heavy atom. The van der Waals surface area contributed by atoms with Crippen LogP contribution in [0.2, 0.25) is 0 Å². The molecule has 0 unspecified atom stereocenters. The summed E-state index contributed by atoms with van der Waals surface area (Å²) in [5, 5.41) is 4.82. The Morgan fingerprint density at radius 2 is 1.76 bits per heavy atom. The quantitative estimate of drug-likeness (QED) is 0.456. The molecule has 5 nitrogen and oxygen atoms in total. The van der Waals surface area contributed by atoms with Gasteiger partial charge in [-0.05, 0) is 75.2 Å². The molecule has 0 atom stereocenters. The fourth-order valence-electron chi connectivity index (χ4n) is 3.13. The van der Waals surface area contributed by atoms with Gasteiger partial charge in [0.2, 0.25) is 5.91 Å². The van der Waals surface area contributed by atoms with Crippen molar-refractivity contribution in [1.82, 2.24) is 4.98 Å². The number of ether oxygens (including phenoxy) is 1. The van der Waals surface area contributed by atoms with E-state index in [9.17, 15) is 9.59 Å². The number of benzene rings is 2. The molecule has 0 spiro atoms.